The molecule has 0 unspecified atom stereocenters. The second-order valence-electron chi connectivity index (χ2n) is 4.09. The maximum absolute atomic E-state index is 11.8. The van der Waals surface area contributed by atoms with Crippen LogP contribution in [0.15, 0.2) is 30.5 Å². The first kappa shape index (κ1) is 15.4. The van der Waals surface area contributed by atoms with Crippen molar-refractivity contribution in [2.24, 2.45) is 0 Å². The molecule has 0 aromatic carbocycles. The molecule has 0 aliphatic heterocycles. The Morgan fingerprint density at radius 1 is 1.43 bits per heavy atom. The van der Waals surface area contributed by atoms with Crippen LogP contribution >= 0.6 is 23.6 Å². The fourth-order valence-corrected chi connectivity index (χ4v) is 2.92. The molecule has 2 heterocycles. The van der Waals surface area contributed by atoms with Crippen molar-refractivity contribution in [1.82, 2.24) is 4.98 Å². The molecule has 5 nitrogen and oxygen atoms in total. The highest BCUT2D eigenvalue weighted by Crippen LogP contribution is 2.29. The molecule has 2 aromatic heterocycles. The first-order valence-electron chi connectivity index (χ1n) is 6.34. The molecule has 2 aromatic rings. The number of ether oxygens (including phenoxy) is 1. The Kier molecular flexibility index (Phi) is 5.24. The lowest BCUT2D eigenvalue weighted by Gasteiger charge is -2.09. The van der Waals surface area contributed by atoms with E-state index < -0.39 is 0 Å². The normalized spacial score (nSPS) is 10.0. The van der Waals surface area contributed by atoms with E-state index in [1.807, 2.05) is 25.1 Å². The lowest BCUT2D eigenvalue weighted by Crippen LogP contribution is -2.20. The largest absolute Gasteiger partial charge is 0.465 e. The lowest BCUT2D eigenvalue weighted by molar-refractivity contribution is 0.0602. The van der Waals surface area contributed by atoms with Crippen LogP contribution in [0.4, 0.5) is 10.8 Å². The summed E-state index contributed by atoms with van der Waals surface area (Å²) in [5.74, 6) is 0.260. The molecule has 0 spiro atoms. The zero-order valence-electron chi connectivity index (χ0n) is 11.7. The van der Waals surface area contributed by atoms with E-state index >= 15 is 0 Å². The van der Waals surface area contributed by atoms with Crippen molar-refractivity contribution in [2.75, 3.05) is 17.7 Å². The van der Waals surface area contributed by atoms with E-state index in [1.165, 1.54) is 18.4 Å². The van der Waals surface area contributed by atoms with Gasteiger partial charge in [-0.25, -0.2) is 9.78 Å². The smallest absolute Gasteiger partial charge is 0.340 e. The van der Waals surface area contributed by atoms with Crippen LogP contribution < -0.4 is 10.6 Å². The van der Waals surface area contributed by atoms with Crippen LogP contribution in [0.5, 0.6) is 0 Å². The maximum Gasteiger partial charge on any atom is 0.340 e. The molecule has 0 saturated carbocycles. The van der Waals surface area contributed by atoms with E-state index in [0.29, 0.717) is 21.5 Å². The molecule has 0 radical (unpaired) electrons. The average molecular weight is 321 g/mol. The summed E-state index contributed by atoms with van der Waals surface area (Å²) < 4.78 is 4.79. The number of hydrogen-bond donors (Lipinski definition) is 2. The molecule has 2 rings (SSSR count). The zero-order chi connectivity index (χ0) is 15.2. The molecular weight excluding hydrogens is 306 g/mol. The van der Waals surface area contributed by atoms with Gasteiger partial charge in [-0.1, -0.05) is 13.0 Å². The van der Waals surface area contributed by atoms with Gasteiger partial charge < -0.3 is 15.4 Å². The first-order chi connectivity index (χ1) is 10.1. The predicted octanol–water partition coefficient (Wildman–Crippen LogP) is 3.30. The van der Waals surface area contributed by atoms with Crippen LogP contribution in [0.2, 0.25) is 0 Å². The molecule has 0 saturated heterocycles. The van der Waals surface area contributed by atoms with E-state index in [2.05, 4.69) is 15.6 Å². The number of pyridine rings is 1. The Bertz CT molecular complexity index is 641. The summed E-state index contributed by atoms with van der Waals surface area (Å²) in [7, 11) is 1.36. The van der Waals surface area contributed by atoms with Gasteiger partial charge in [-0.3, -0.25) is 0 Å². The van der Waals surface area contributed by atoms with Gasteiger partial charge in [0.25, 0.3) is 0 Å². The molecule has 0 aliphatic carbocycles. The van der Waals surface area contributed by atoms with E-state index in [9.17, 15) is 4.79 Å². The summed E-state index contributed by atoms with van der Waals surface area (Å²) in [5, 5.41) is 7.04. The minimum Gasteiger partial charge on any atom is -0.465 e. The summed E-state index contributed by atoms with van der Waals surface area (Å²) in [6, 6.07) is 7.31. The highest BCUT2D eigenvalue weighted by molar-refractivity contribution is 7.80. The summed E-state index contributed by atoms with van der Waals surface area (Å²) in [5.41, 5.74) is 0.490. The average Bonchev–Trinajstić information content (AvgIpc) is 2.90. The fourth-order valence-electron chi connectivity index (χ4n) is 1.66. The number of carbonyl (C=O) groups excluding carboxylic acids is 1. The Morgan fingerprint density at radius 3 is 2.86 bits per heavy atom. The van der Waals surface area contributed by atoms with Gasteiger partial charge in [0.05, 0.1) is 12.7 Å². The third-order valence-electron chi connectivity index (χ3n) is 2.67. The van der Waals surface area contributed by atoms with Gasteiger partial charge in [-0.05, 0) is 36.8 Å². The van der Waals surface area contributed by atoms with Gasteiger partial charge in [-0.15, -0.1) is 11.3 Å². The third-order valence-corrected chi connectivity index (χ3v) is 4.07. The molecule has 0 bridgehead atoms. The number of aryl methyl sites for hydroxylation is 1. The number of thiophene rings is 1. The molecule has 2 N–H and O–H groups in total. The van der Waals surface area contributed by atoms with E-state index in [4.69, 9.17) is 17.0 Å². The first-order valence-corrected chi connectivity index (χ1v) is 7.56. The minimum atomic E-state index is -0.380. The molecule has 110 valence electrons. The zero-order valence-corrected chi connectivity index (χ0v) is 13.3. The van der Waals surface area contributed by atoms with Crippen LogP contribution in [0.3, 0.4) is 0 Å². The summed E-state index contributed by atoms with van der Waals surface area (Å²) in [6.07, 6.45) is 2.52. The number of anilines is 2. The van der Waals surface area contributed by atoms with Crippen molar-refractivity contribution in [3.63, 3.8) is 0 Å². The second kappa shape index (κ2) is 7.14. The van der Waals surface area contributed by atoms with Crippen molar-refractivity contribution >= 4 is 45.5 Å². The van der Waals surface area contributed by atoms with Crippen LogP contribution in [-0.4, -0.2) is 23.2 Å². The number of thiocarbonyl (C=S) groups is 1. The van der Waals surface area contributed by atoms with Crippen molar-refractivity contribution in [3.8, 4) is 0 Å². The number of aromatic nitrogens is 1. The Morgan fingerprint density at radius 2 is 2.24 bits per heavy atom. The number of esters is 1. The molecule has 0 amide bonds. The predicted molar refractivity (Wildman–Crippen MR) is 89.1 cm³/mol. The van der Waals surface area contributed by atoms with E-state index in [1.54, 1.807) is 12.3 Å². The molecule has 21 heavy (non-hydrogen) atoms. The van der Waals surface area contributed by atoms with Crippen molar-refractivity contribution in [2.45, 2.75) is 13.3 Å². The number of methoxy groups -OCH3 is 1. The van der Waals surface area contributed by atoms with Crippen LogP contribution in [0, 0.1) is 0 Å². The summed E-state index contributed by atoms with van der Waals surface area (Å²) in [4.78, 5) is 17.0. The summed E-state index contributed by atoms with van der Waals surface area (Å²) >= 11 is 6.72. The molecule has 0 atom stereocenters. The van der Waals surface area contributed by atoms with Gasteiger partial charge in [0.15, 0.2) is 5.11 Å². The molecule has 0 aliphatic rings. The van der Waals surface area contributed by atoms with E-state index in [0.717, 1.165) is 11.3 Å². The van der Waals surface area contributed by atoms with Crippen LogP contribution in [0.25, 0.3) is 0 Å². The minimum absolute atomic E-state index is 0.378. The number of nitrogens with one attached hydrogen (secondary N) is 2. The molecular formula is C14H15N3O2S2. The second-order valence-corrected chi connectivity index (χ2v) is 5.64. The highest BCUT2D eigenvalue weighted by atomic mass is 32.1. The van der Waals surface area contributed by atoms with Crippen LogP contribution in [0.1, 0.15) is 22.2 Å². The number of nitrogens with zero attached hydrogens (tertiary/aromatic N) is 1. The van der Waals surface area contributed by atoms with Gasteiger partial charge in [-0.2, -0.15) is 0 Å². The molecule has 7 heteroatoms. The van der Waals surface area contributed by atoms with Gasteiger partial charge >= 0.3 is 5.97 Å². The number of hydrogen-bond acceptors (Lipinski definition) is 5. The van der Waals surface area contributed by atoms with Crippen LogP contribution in [-0.2, 0) is 11.2 Å². The van der Waals surface area contributed by atoms with Crippen molar-refractivity contribution in [1.29, 1.82) is 0 Å². The quantitative estimate of drug-likeness (QED) is 0.665. The highest BCUT2D eigenvalue weighted by Gasteiger charge is 2.17. The van der Waals surface area contributed by atoms with Crippen molar-refractivity contribution in [3.05, 3.63) is 40.9 Å². The van der Waals surface area contributed by atoms with Crippen molar-refractivity contribution < 1.29 is 9.53 Å². The maximum atomic E-state index is 11.8. The number of rotatable bonds is 4. The Balaban J connectivity index is 2.13. The fraction of sp³-hybridized carbons (Fsp3) is 0.214. The Hall–Kier alpha value is -1.99. The summed E-state index contributed by atoms with van der Waals surface area (Å²) in [6.45, 7) is 2.03. The number of carbonyl (C=O) groups is 1. The SMILES string of the molecule is CCc1cc(C(=O)OC)c(NC(=S)Nc2ccccn2)s1. The lowest BCUT2D eigenvalue weighted by atomic mass is 10.2. The van der Waals surface area contributed by atoms with Gasteiger partial charge in [0.1, 0.15) is 10.8 Å². The standard InChI is InChI=1S/C14H15N3O2S2/c1-3-9-8-10(13(18)19-2)12(21-9)17-14(20)16-11-6-4-5-7-15-11/h4-8H,3H2,1-2H3,(H2,15,16,17,20). The van der Waals surface area contributed by atoms with Gasteiger partial charge in [0, 0.05) is 11.1 Å². The molecule has 0 fully saturated rings. The topological polar surface area (TPSA) is 63.2 Å². The Labute approximate surface area is 132 Å². The van der Waals surface area contributed by atoms with Gasteiger partial charge in [0.2, 0.25) is 0 Å². The third kappa shape index (κ3) is 3.99. The monoisotopic (exact) mass is 321 g/mol. The van der Waals surface area contributed by atoms with E-state index in [-0.39, 0.29) is 5.97 Å².